The van der Waals surface area contributed by atoms with E-state index < -0.39 is 11.5 Å². The Kier molecular flexibility index (Phi) is 5.93. The van der Waals surface area contributed by atoms with Crippen LogP contribution in [0.4, 0.5) is 11.4 Å². The molecule has 1 N–H and O–H groups in total. The first-order valence-corrected chi connectivity index (χ1v) is 12.7. The fourth-order valence-electron chi connectivity index (χ4n) is 5.01. The second kappa shape index (κ2) is 9.43. The predicted octanol–water partition coefficient (Wildman–Crippen LogP) is 3.29. The summed E-state index contributed by atoms with van der Waals surface area (Å²) in [5, 5.41) is 6.23. The van der Waals surface area contributed by atoms with Crippen molar-refractivity contribution in [2.24, 2.45) is 7.05 Å². The molecule has 38 heavy (non-hydrogen) atoms. The van der Waals surface area contributed by atoms with E-state index in [0.29, 0.717) is 24.5 Å². The smallest absolute Gasteiger partial charge is 0.296 e. The molecule has 2 amide bonds. The quantitative estimate of drug-likeness (QED) is 0.394. The molecule has 2 aliphatic rings. The van der Waals surface area contributed by atoms with Gasteiger partial charge in [-0.3, -0.25) is 19.0 Å². The summed E-state index contributed by atoms with van der Waals surface area (Å²) in [4.78, 5) is 50.3. The number of benzene rings is 1. The lowest BCUT2D eigenvalue weighted by atomic mass is 9.92. The van der Waals surface area contributed by atoms with Crippen LogP contribution in [0.1, 0.15) is 55.6 Å². The van der Waals surface area contributed by atoms with Crippen LogP contribution in [0, 0.1) is 0 Å². The number of hydrogen-bond donors (Lipinski definition) is 1. The molecule has 1 saturated carbocycles. The number of rotatable bonds is 7. The highest BCUT2D eigenvalue weighted by molar-refractivity contribution is 6.04. The van der Waals surface area contributed by atoms with Crippen molar-refractivity contribution < 1.29 is 18.8 Å². The molecule has 4 heterocycles. The maximum absolute atomic E-state index is 13.4. The molecule has 4 aromatic rings. The molecular formula is C26H27N7O5. The highest BCUT2D eigenvalue weighted by atomic mass is 16.5. The zero-order valence-electron chi connectivity index (χ0n) is 21.1. The monoisotopic (exact) mass is 517 g/mol. The molecule has 3 aromatic heterocycles. The Hall–Kier alpha value is -4.48. The summed E-state index contributed by atoms with van der Waals surface area (Å²) in [7, 11) is 1.59. The van der Waals surface area contributed by atoms with Gasteiger partial charge >= 0.3 is 0 Å². The summed E-state index contributed by atoms with van der Waals surface area (Å²) in [6.07, 6.45) is 6.99. The number of hydrogen-bond acceptors (Lipinski definition) is 8. The van der Waals surface area contributed by atoms with Crippen LogP contribution in [-0.4, -0.2) is 49.2 Å². The van der Waals surface area contributed by atoms with E-state index in [1.807, 2.05) is 18.2 Å². The van der Waals surface area contributed by atoms with E-state index in [-0.39, 0.29) is 35.8 Å². The molecule has 0 spiro atoms. The van der Waals surface area contributed by atoms with E-state index in [2.05, 4.69) is 20.0 Å². The summed E-state index contributed by atoms with van der Waals surface area (Å²) >= 11 is 0. The molecule has 12 heteroatoms. The van der Waals surface area contributed by atoms with Gasteiger partial charge in [0.2, 0.25) is 11.7 Å². The maximum atomic E-state index is 13.4. The molecule has 0 bridgehead atoms. The summed E-state index contributed by atoms with van der Waals surface area (Å²) < 4.78 is 13.8. The Morgan fingerprint density at radius 3 is 2.68 bits per heavy atom. The van der Waals surface area contributed by atoms with Gasteiger partial charge in [0.05, 0.1) is 23.8 Å². The third-order valence-corrected chi connectivity index (χ3v) is 7.14. The number of nitrogens with zero attached hydrogens (tertiary/aromatic N) is 6. The Morgan fingerprint density at radius 2 is 2.03 bits per heavy atom. The zero-order valence-corrected chi connectivity index (χ0v) is 21.1. The third kappa shape index (κ3) is 3.92. The number of aromatic nitrogens is 5. The molecule has 1 aromatic carbocycles. The normalized spacial score (nSPS) is 15.7. The first-order chi connectivity index (χ1) is 18.5. The Morgan fingerprint density at radius 1 is 1.18 bits per heavy atom. The van der Waals surface area contributed by atoms with Crippen molar-refractivity contribution >= 4 is 34.2 Å². The Bertz CT molecular complexity index is 1600. The first kappa shape index (κ1) is 23.9. The van der Waals surface area contributed by atoms with E-state index in [0.717, 1.165) is 42.4 Å². The van der Waals surface area contributed by atoms with Gasteiger partial charge in [0, 0.05) is 31.7 Å². The van der Waals surface area contributed by atoms with Crippen LogP contribution < -0.4 is 20.5 Å². The van der Waals surface area contributed by atoms with E-state index in [1.165, 1.54) is 17.0 Å². The minimum Gasteiger partial charge on any atom is -0.486 e. The number of carbonyl (C=O) groups excluding carboxylic acids is 2. The lowest BCUT2D eigenvalue weighted by Crippen LogP contribution is -2.29. The van der Waals surface area contributed by atoms with Gasteiger partial charge in [0.1, 0.15) is 12.0 Å². The second-order valence-corrected chi connectivity index (χ2v) is 9.49. The summed E-state index contributed by atoms with van der Waals surface area (Å²) in [6.45, 7) is 2.60. The third-order valence-electron chi connectivity index (χ3n) is 7.14. The Labute approximate surface area is 217 Å². The molecule has 6 rings (SSSR count). The average Bonchev–Trinajstić information content (AvgIpc) is 3.62. The summed E-state index contributed by atoms with van der Waals surface area (Å²) in [5.74, 6) is 0.0657. The van der Waals surface area contributed by atoms with Gasteiger partial charge in [-0.05, 0) is 50.8 Å². The van der Waals surface area contributed by atoms with Crippen molar-refractivity contribution in [2.45, 2.75) is 45.1 Å². The average molecular weight is 518 g/mol. The number of imidazole rings is 1. The number of amides is 2. The number of nitrogens with one attached hydrogen (secondary N) is 1. The second-order valence-electron chi connectivity index (χ2n) is 9.49. The molecule has 196 valence electrons. The summed E-state index contributed by atoms with van der Waals surface area (Å²) in [5.41, 5.74) is 2.09. The van der Waals surface area contributed by atoms with Gasteiger partial charge in [-0.15, -0.1) is 0 Å². The van der Waals surface area contributed by atoms with Gasteiger partial charge in [-0.1, -0.05) is 5.16 Å². The highest BCUT2D eigenvalue weighted by Crippen LogP contribution is 2.39. The fraction of sp³-hybridized carbons (Fsp3) is 0.385. The van der Waals surface area contributed by atoms with Crippen LogP contribution in [0.25, 0.3) is 22.7 Å². The van der Waals surface area contributed by atoms with Crippen LogP contribution >= 0.6 is 0 Å². The van der Waals surface area contributed by atoms with E-state index in [9.17, 15) is 14.4 Å². The van der Waals surface area contributed by atoms with Crippen LogP contribution in [0.5, 0.6) is 5.75 Å². The molecule has 0 unspecified atom stereocenters. The van der Waals surface area contributed by atoms with Crippen LogP contribution in [0.2, 0.25) is 0 Å². The van der Waals surface area contributed by atoms with Gasteiger partial charge in [-0.2, -0.15) is 0 Å². The standard InChI is InChI=1S/C26H27N7O5/c1-3-37-22-21(25(35)28-15-13-27-38-14-15)30-23(31(2)26(22)36)24-29-18-10-9-17(32-11-5-8-20(32)34)12-19(18)33(24)16-6-4-7-16/h9-10,12-14,16H,3-8,11H2,1-2H3,(H,28,35). The number of ether oxygens (including phenoxy) is 1. The molecule has 1 aliphatic heterocycles. The van der Waals surface area contributed by atoms with Crippen LogP contribution in [0.15, 0.2) is 40.0 Å². The maximum Gasteiger partial charge on any atom is 0.296 e. The molecule has 1 aliphatic carbocycles. The number of anilines is 2. The van der Waals surface area contributed by atoms with Gasteiger partial charge in [-0.25, -0.2) is 9.97 Å². The topological polar surface area (TPSA) is 137 Å². The SMILES string of the molecule is CCOc1c(C(=O)Nc2cnoc2)nc(-c2nc3ccc(N4CCCC4=O)cc3n2C2CCC2)n(C)c1=O. The lowest BCUT2D eigenvalue weighted by molar-refractivity contribution is -0.117. The van der Waals surface area contributed by atoms with Crippen molar-refractivity contribution in [3.05, 3.63) is 46.7 Å². The minimum absolute atomic E-state index is 0.110. The van der Waals surface area contributed by atoms with E-state index in [1.54, 1.807) is 18.9 Å². The molecule has 12 nitrogen and oxygen atoms in total. The van der Waals surface area contributed by atoms with Gasteiger partial charge < -0.3 is 24.0 Å². The van der Waals surface area contributed by atoms with Gasteiger partial charge in [0.25, 0.3) is 11.5 Å². The fourth-order valence-corrected chi connectivity index (χ4v) is 5.01. The lowest BCUT2D eigenvalue weighted by Gasteiger charge is -2.29. The zero-order chi connectivity index (χ0) is 26.4. The van der Waals surface area contributed by atoms with Crippen LogP contribution in [-0.2, 0) is 11.8 Å². The van der Waals surface area contributed by atoms with Gasteiger partial charge in [0.15, 0.2) is 17.3 Å². The molecular weight excluding hydrogens is 490 g/mol. The van der Waals surface area contributed by atoms with E-state index in [4.69, 9.17) is 14.2 Å². The van der Waals surface area contributed by atoms with Crippen molar-refractivity contribution in [3.8, 4) is 17.4 Å². The number of fused-ring (bicyclic) bond motifs is 1. The van der Waals surface area contributed by atoms with Crippen LogP contribution in [0.3, 0.4) is 0 Å². The van der Waals surface area contributed by atoms with Crippen molar-refractivity contribution in [3.63, 3.8) is 0 Å². The number of carbonyl (C=O) groups is 2. The molecule has 1 saturated heterocycles. The summed E-state index contributed by atoms with van der Waals surface area (Å²) in [6, 6.07) is 5.94. The predicted molar refractivity (Wildman–Crippen MR) is 138 cm³/mol. The Balaban J connectivity index is 1.52. The van der Waals surface area contributed by atoms with Crippen molar-refractivity contribution in [1.29, 1.82) is 0 Å². The van der Waals surface area contributed by atoms with E-state index >= 15 is 0 Å². The van der Waals surface area contributed by atoms with Crippen molar-refractivity contribution in [1.82, 2.24) is 24.3 Å². The molecule has 0 atom stereocenters. The minimum atomic E-state index is -0.628. The van der Waals surface area contributed by atoms with Crippen molar-refractivity contribution in [2.75, 3.05) is 23.4 Å². The molecule has 2 fully saturated rings. The highest BCUT2D eigenvalue weighted by Gasteiger charge is 2.31. The largest absolute Gasteiger partial charge is 0.486 e. The first-order valence-electron chi connectivity index (χ1n) is 12.7. The molecule has 0 radical (unpaired) electrons.